The molecule has 1 amide bonds. The summed E-state index contributed by atoms with van der Waals surface area (Å²) in [6, 6.07) is 12.6. The molecule has 1 aromatic heterocycles. The van der Waals surface area contributed by atoms with Crippen LogP contribution in [-0.2, 0) is 16.6 Å². The molecule has 4 rings (SSSR count). The molecule has 2 heterocycles. The number of amides is 1. The minimum absolute atomic E-state index is 0.00626. The van der Waals surface area contributed by atoms with Gasteiger partial charge < -0.3 is 4.57 Å². The Balaban J connectivity index is 1.66. The number of benzene rings is 2. The zero-order valence-electron chi connectivity index (χ0n) is 20.3. The average Bonchev–Trinajstić information content (AvgIpc) is 3.15. The third-order valence-electron chi connectivity index (χ3n) is 6.47. The molecule has 6 nitrogen and oxygen atoms in total. The van der Waals surface area contributed by atoms with Crippen molar-refractivity contribution in [2.45, 2.75) is 76.8 Å². The highest BCUT2D eigenvalue weighted by Crippen LogP contribution is 2.26. The van der Waals surface area contributed by atoms with Crippen LogP contribution in [0.1, 0.15) is 75.2 Å². The highest BCUT2D eigenvalue weighted by molar-refractivity contribution is 7.89. The molecule has 1 aliphatic heterocycles. The summed E-state index contributed by atoms with van der Waals surface area (Å²) in [5.74, 6) is 0.0617. The van der Waals surface area contributed by atoms with E-state index in [1.807, 2.05) is 6.92 Å². The van der Waals surface area contributed by atoms with Gasteiger partial charge in [-0.2, -0.15) is 9.30 Å². The van der Waals surface area contributed by atoms with Gasteiger partial charge in [0.2, 0.25) is 10.0 Å². The highest BCUT2D eigenvalue weighted by atomic mass is 32.2. The summed E-state index contributed by atoms with van der Waals surface area (Å²) >= 11 is 1.52. The number of nitrogens with zero attached hydrogens (tertiary/aromatic N) is 3. The van der Waals surface area contributed by atoms with Crippen LogP contribution >= 0.6 is 11.3 Å². The highest BCUT2D eigenvalue weighted by Gasteiger charge is 2.30. The molecule has 0 spiro atoms. The SMILES string of the molecule is CCCn1c(=NC(=O)c2ccc(S(=O)(=O)N3CCCCC3C)cc2)sc2cc(C(C)C)ccc21. The number of hydrogen-bond donors (Lipinski definition) is 0. The van der Waals surface area contributed by atoms with Crippen molar-refractivity contribution < 1.29 is 13.2 Å². The van der Waals surface area contributed by atoms with Crippen LogP contribution in [0.3, 0.4) is 0 Å². The second-order valence-electron chi connectivity index (χ2n) is 9.32. The number of fused-ring (bicyclic) bond motifs is 1. The maximum Gasteiger partial charge on any atom is 0.279 e. The molecular weight excluding hydrogens is 466 g/mol. The first-order valence-electron chi connectivity index (χ1n) is 12.1. The average molecular weight is 500 g/mol. The summed E-state index contributed by atoms with van der Waals surface area (Å²) in [4.78, 5) is 18.3. The minimum atomic E-state index is -3.57. The van der Waals surface area contributed by atoms with Crippen LogP contribution in [0, 0.1) is 0 Å². The monoisotopic (exact) mass is 499 g/mol. The van der Waals surface area contributed by atoms with Crippen LogP contribution in [0.25, 0.3) is 10.2 Å². The lowest BCUT2D eigenvalue weighted by Crippen LogP contribution is -2.41. The number of aromatic nitrogens is 1. The van der Waals surface area contributed by atoms with E-state index < -0.39 is 10.0 Å². The molecule has 0 aliphatic carbocycles. The molecule has 3 aromatic rings. The number of piperidine rings is 1. The van der Waals surface area contributed by atoms with Crippen molar-refractivity contribution in [3.05, 3.63) is 58.4 Å². The largest absolute Gasteiger partial charge is 0.316 e. The van der Waals surface area contributed by atoms with Crippen molar-refractivity contribution >= 4 is 37.5 Å². The second-order valence-corrected chi connectivity index (χ2v) is 12.2. The van der Waals surface area contributed by atoms with Crippen LogP contribution in [0.15, 0.2) is 52.4 Å². The first-order valence-corrected chi connectivity index (χ1v) is 14.3. The number of carbonyl (C=O) groups is 1. The van der Waals surface area contributed by atoms with Gasteiger partial charge in [-0.1, -0.05) is 44.6 Å². The van der Waals surface area contributed by atoms with Gasteiger partial charge in [0, 0.05) is 24.7 Å². The van der Waals surface area contributed by atoms with Gasteiger partial charge in [0.05, 0.1) is 15.1 Å². The van der Waals surface area contributed by atoms with Gasteiger partial charge in [0.25, 0.3) is 5.91 Å². The molecule has 8 heteroatoms. The van der Waals surface area contributed by atoms with Crippen molar-refractivity contribution in [1.82, 2.24) is 8.87 Å². The van der Waals surface area contributed by atoms with Crippen molar-refractivity contribution in [3.63, 3.8) is 0 Å². The normalized spacial score (nSPS) is 18.1. The molecule has 1 saturated heterocycles. The maximum atomic E-state index is 13.1. The van der Waals surface area contributed by atoms with Gasteiger partial charge >= 0.3 is 0 Å². The Hall–Kier alpha value is -2.29. The predicted molar refractivity (Wildman–Crippen MR) is 138 cm³/mol. The van der Waals surface area contributed by atoms with E-state index in [-0.39, 0.29) is 16.8 Å². The standard InChI is InChI=1S/C26H33N3O3S2/c1-5-15-28-23-14-11-21(18(2)3)17-24(23)33-26(28)27-25(30)20-9-12-22(13-10-20)34(31,32)29-16-7-6-8-19(29)4/h9-14,17-19H,5-8,15-16H2,1-4H3. The first kappa shape index (κ1) is 24.8. The van der Waals surface area contributed by atoms with E-state index in [0.29, 0.717) is 22.8 Å². The fraction of sp³-hybridized carbons (Fsp3) is 0.462. The van der Waals surface area contributed by atoms with Gasteiger partial charge in [-0.3, -0.25) is 4.79 Å². The Kier molecular flexibility index (Phi) is 7.40. The molecule has 0 N–H and O–H groups in total. The zero-order chi connectivity index (χ0) is 24.5. The number of thiazole rings is 1. The molecule has 0 radical (unpaired) electrons. The second kappa shape index (κ2) is 10.1. The quantitative estimate of drug-likeness (QED) is 0.447. The Bertz CT molecular complexity index is 1350. The molecule has 1 unspecified atom stereocenters. The van der Waals surface area contributed by atoms with E-state index in [1.54, 1.807) is 16.4 Å². The van der Waals surface area contributed by atoms with Crippen LogP contribution in [0.4, 0.5) is 0 Å². The Morgan fingerprint density at radius 3 is 2.53 bits per heavy atom. The summed E-state index contributed by atoms with van der Waals surface area (Å²) in [5.41, 5.74) is 2.73. The summed E-state index contributed by atoms with van der Waals surface area (Å²) in [5, 5.41) is 0. The Morgan fingerprint density at radius 2 is 1.88 bits per heavy atom. The fourth-order valence-corrected chi connectivity index (χ4v) is 7.26. The molecule has 2 aromatic carbocycles. The molecule has 0 saturated carbocycles. The maximum absolute atomic E-state index is 13.1. The molecule has 182 valence electrons. The van der Waals surface area contributed by atoms with E-state index >= 15 is 0 Å². The third kappa shape index (κ3) is 4.90. The summed E-state index contributed by atoms with van der Waals surface area (Å²) in [6.45, 7) is 9.71. The lowest BCUT2D eigenvalue weighted by Gasteiger charge is -2.32. The van der Waals surface area contributed by atoms with Crippen molar-refractivity contribution in [2.75, 3.05) is 6.54 Å². The van der Waals surface area contributed by atoms with Crippen molar-refractivity contribution in [1.29, 1.82) is 0 Å². The van der Waals surface area contributed by atoms with Crippen LogP contribution in [0.2, 0.25) is 0 Å². The topological polar surface area (TPSA) is 71.7 Å². The van der Waals surface area contributed by atoms with E-state index in [0.717, 1.165) is 42.4 Å². The predicted octanol–water partition coefficient (Wildman–Crippen LogP) is 5.54. The van der Waals surface area contributed by atoms with Gasteiger partial charge in [-0.25, -0.2) is 8.42 Å². The van der Waals surface area contributed by atoms with Crippen molar-refractivity contribution in [2.24, 2.45) is 4.99 Å². The van der Waals surface area contributed by atoms with Gasteiger partial charge in [-0.05, 0) is 74.1 Å². The fourth-order valence-electron chi connectivity index (χ4n) is 4.46. The molecule has 1 fully saturated rings. The number of aryl methyl sites for hydroxylation is 1. The summed E-state index contributed by atoms with van der Waals surface area (Å²) in [6.07, 6.45) is 3.74. The number of carbonyl (C=O) groups excluding carboxylic acids is 1. The Morgan fingerprint density at radius 1 is 1.15 bits per heavy atom. The molecular formula is C26H33N3O3S2. The van der Waals surface area contributed by atoms with Gasteiger partial charge in [0.15, 0.2) is 4.80 Å². The Labute approximate surface area is 206 Å². The molecule has 34 heavy (non-hydrogen) atoms. The van der Waals surface area contributed by atoms with Crippen LogP contribution < -0.4 is 4.80 Å². The number of hydrogen-bond acceptors (Lipinski definition) is 4. The van der Waals surface area contributed by atoms with Gasteiger partial charge in [0.1, 0.15) is 0 Å². The summed E-state index contributed by atoms with van der Waals surface area (Å²) in [7, 11) is -3.57. The van der Waals surface area contributed by atoms with Crippen molar-refractivity contribution in [3.8, 4) is 0 Å². The lowest BCUT2D eigenvalue weighted by molar-refractivity contribution is 0.0997. The van der Waals surface area contributed by atoms with Gasteiger partial charge in [-0.15, -0.1) is 0 Å². The first-order chi connectivity index (χ1) is 16.2. The minimum Gasteiger partial charge on any atom is -0.316 e. The van der Waals surface area contributed by atoms with E-state index in [9.17, 15) is 13.2 Å². The van der Waals surface area contributed by atoms with E-state index in [2.05, 4.69) is 48.5 Å². The van der Waals surface area contributed by atoms with Crippen LogP contribution in [-0.4, -0.2) is 35.8 Å². The molecule has 1 atom stereocenters. The summed E-state index contributed by atoms with van der Waals surface area (Å²) < 4.78 is 30.9. The van der Waals surface area contributed by atoms with E-state index in [1.165, 1.54) is 29.0 Å². The third-order valence-corrected chi connectivity index (χ3v) is 9.54. The number of sulfonamides is 1. The lowest BCUT2D eigenvalue weighted by atomic mass is 10.0. The molecule has 0 bridgehead atoms. The smallest absolute Gasteiger partial charge is 0.279 e. The van der Waals surface area contributed by atoms with E-state index in [4.69, 9.17) is 0 Å². The zero-order valence-corrected chi connectivity index (χ0v) is 22.0. The number of rotatable bonds is 6. The molecule has 1 aliphatic rings. The van der Waals surface area contributed by atoms with Crippen LogP contribution in [0.5, 0.6) is 0 Å².